The lowest BCUT2D eigenvalue weighted by atomic mass is 10.1. The summed E-state index contributed by atoms with van der Waals surface area (Å²) in [6.07, 6.45) is 0. The summed E-state index contributed by atoms with van der Waals surface area (Å²) in [6.45, 7) is 1.64. The van der Waals surface area contributed by atoms with Gasteiger partial charge in [-0.2, -0.15) is 5.26 Å². The highest BCUT2D eigenvalue weighted by Crippen LogP contribution is 2.25. The first-order valence-corrected chi connectivity index (χ1v) is 5.93. The number of hydrogen-bond acceptors (Lipinski definition) is 2. The van der Waals surface area contributed by atoms with E-state index in [2.05, 4.69) is 5.32 Å². The van der Waals surface area contributed by atoms with Crippen LogP contribution in [0.2, 0.25) is 0 Å². The van der Waals surface area contributed by atoms with E-state index in [1.165, 1.54) is 24.3 Å². The largest absolute Gasteiger partial charge is 0.377 e. The highest BCUT2D eigenvalue weighted by atomic mass is 19.1. The van der Waals surface area contributed by atoms with Crippen LogP contribution in [0.5, 0.6) is 0 Å². The highest BCUT2D eigenvalue weighted by molar-refractivity contribution is 5.58. The minimum Gasteiger partial charge on any atom is -0.377 e. The van der Waals surface area contributed by atoms with Gasteiger partial charge in [-0.05, 0) is 25.1 Å². The molecule has 1 unspecified atom stereocenters. The molecule has 2 aromatic rings. The third-order valence-corrected chi connectivity index (χ3v) is 2.93. The maximum absolute atomic E-state index is 13.6. The fraction of sp³-hybridized carbons (Fsp3) is 0.133. The Morgan fingerprint density at radius 1 is 1.10 bits per heavy atom. The van der Waals surface area contributed by atoms with Gasteiger partial charge < -0.3 is 5.32 Å². The molecule has 0 aliphatic carbocycles. The standard InChI is InChI=1S/C15H11F3N2/c1-9(11-6-5-10(16)7-14(11)18)20-15-4-2-3-13(17)12(15)8-19/h2-7,9,20H,1H3. The van der Waals surface area contributed by atoms with Gasteiger partial charge in [-0.3, -0.25) is 0 Å². The molecule has 0 bridgehead atoms. The molecule has 0 spiro atoms. The van der Waals surface area contributed by atoms with Crippen LogP contribution in [0.1, 0.15) is 24.1 Å². The zero-order valence-corrected chi connectivity index (χ0v) is 10.6. The second kappa shape index (κ2) is 5.66. The average molecular weight is 276 g/mol. The predicted octanol–water partition coefficient (Wildman–Crippen LogP) is 4.15. The second-order valence-corrected chi connectivity index (χ2v) is 4.31. The number of hydrogen-bond donors (Lipinski definition) is 1. The van der Waals surface area contributed by atoms with Crippen molar-refractivity contribution in [2.45, 2.75) is 13.0 Å². The normalized spacial score (nSPS) is 11.8. The van der Waals surface area contributed by atoms with E-state index >= 15 is 0 Å². The monoisotopic (exact) mass is 276 g/mol. The van der Waals surface area contributed by atoms with Crippen LogP contribution < -0.4 is 5.32 Å². The molecule has 0 aromatic heterocycles. The van der Waals surface area contributed by atoms with Crippen LogP contribution in [0.3, 0.4) is 0 Å². The van der Waals surface area contributed by atoms with E-state index in [0.717, 1.165) is 12.1 Å². The number of anilines is 1. The molecule has 1 N–H and O–H groups in total. The quantitative estimate of drug-likeness (QED) is 0.914. The van der Waals surface area contributed by atoms with Crippen LogP contribution in [0, 0.1) is 28.8 Å². The summed E-state index contributed by atoms with van der Waals surface area (Å²) in [6, 6.07) is 8.61. The minimum absolute atomic E-state index is 0.137. The molecule has 0 radical (unpaired) electrons. The van der Waals surface area contributed by atoms with Crippen molar-refractivity contribution >= 4 is 5.69 Å². The maximum Gasteiger partial charge on any atom is 0.143 e. The Kier molecular flexibility index (Phi) is 3.94. The van der Waals surface area contributed by atoms with E-state index in [9.17, 15) is 13.2 Å². The van der Waals surface area contributed by atoms with Gasteiger partial charge in [0.1, 0.15) is 29.1 Å². The van der Waals surface area contributed by atoms with Crippen molar-refractivity contribution in [1.29, 1.82) is 5.26 Å². The zero-order valence-electron chi connectivity index (χ0n) is 10.6. The number of nitriles is 1. The Balaban J connectivity index is 2.31. The van der Waals surface area contributed by atoms with Gasteiger partial charge in [-0.25, -0.2) is 13.2 Å². The zero-order chi connectivity index (χ0) is 14.7. The predicted molar refractivity (Wildman–Crippen MR) is 69.5 cm³/mol. The molecule has 20 heavy (non-hydrogen) atoms. The molecule has 0 amide bonds. The summed E-state index contributed by atoms with van der Waals surface area (Å²) in [5, 5.41) is 11.8. The molecule has 5 heteroatoms. The van der Waals surface area contributed by atoms with Crippen LogP contribution in [0.25, 0.3) is 0 Å². The van der Waals surface area contributed by atoms with Crippen molar-refractivity contribution in [3.63, 3.8) is 0 Å². The first-order chi connectivity index (χ1) is 9.52. The number of halogens is 3. The van der Waals surface area contributed by atoms with Crippen molar-refractivity contribution in [2.75, 3.05) is 5.32 Å². The third kappa shape index (κ3) is 2.75. The van der Waals surface area contributed by atoms with E-state index in [1.54, 1.807) is 13.0 Å². The Morgan fingerprint density at radius 3 is 2.50 bits per heavy atom. The van der Waals surface area contributed by atoms with Crippen molar-refractivity contribution in [3.8, 4) is 6.07 Å². The Bertz CT molecular complexity index is 677. The first-order valence-electron chi connectivity index (χ1n) is 5.93. The molecule has 2 nitrogen and oxygen atoms in total. The van der Waals surface area contributed by atoms with Crippen LogP contribution in [-0.2, 0) is 0 Å². The molecule has 0 heterocycles. The van der Waals surface area contributed by atoms with Crippen LogP contribution in [0.15, 0.2) is 36.4 Å². The van der Waals surface area contributed by atoms with E-state index in [4.69, 9.17) is 5.26 Å². The number of nitrogens with one attached hydrogen (secondary N) is 1. The molecule has 0 saturated heterocycles. The van der Waals surface area contributed by atoms with Gasteiger partial charge in [0, 0.05) is 11.6 Å². The summed E-state index contributed by atoms with van der Waals surface area (Å²) >= 11 is 0. The molecule has 0 aliphatic heterocycles. The van der Waals surface area contributed by atoms with E-state index in [1.807, 2.05) is 0 Å². The van der Waals surface area contributed by atoms with Gasteiger partial charge >= 0.3 is 0 Å². The van der Waals surface area contributed by atoms with E-state index < -0.39 is 23.5 Å². The summed E-state index contributed by atoms with van der Waals surface area (Å²) in [5.41, 5.74) is 0.366. The molecular weight excluding hydrogens is 265 g/mol. The van der Waals surface area contributed by atoms with Gasteiger partial charge in [0.2, 0.25) is 0 Å². The summed E-state index contributed by atoms with van der Waals surface area (Å²) in [5.74, 6) is -2.01. The first kappa shape index (κ1) is 13.9. The molecule has 0 saturated carbocycles. The van der Waals surface area contributed by atoms with Gasteiger partial charge in [-0.15, -0.1) is 0 Å². The summed E-state index contributed by atoms with van der Waals surface area (Å²) in [4.78, 5) is 0. The minimum atomic E-state index is -0.695. The number of benzene rings is 2. The van der Waals surface area contributed by atoms with E-state index in [0.29, 0.717) is 0 Å². The maximum atomic E-state index is 13.6. The molecule has 0 aliphatic rings. The molecule has 2 rings (SSSR count). The van der Waals surface area contributed by atoms with Crippen molar-refractivity contribution in [2.24, 2.45) is 0 Å². The topological polar surface area (TPSA) is 35.8 Å². The average Bonchev–Trinajstić information content (AvgIpc) is 2.38. The van der Waals surface area contributed by atoms with Gasteiger partial charge in [0.25, 0.3) is 0 Å². The Labute approximate surface area is 114 Å². The lowest BCUT2D eigenvalue weighted by Crippen LogP contribution is -2.10. The van der Waals surface area contributed by atoms with Crippen LogP contribution >= 0.6 is 0 Å². The molecule has 2 aromatic carbocycles. The third-order valence-electron chi connectivity index (χ3n) is 2.93. The summed E-state index contributed by atoms with van der Waals surface area (Å²) < 4.78 is 40.0. The smallest absolute Gasteiger partial charge is 0.143 e. The SMILES string of the molecule is CC(Nc1cccc(F)c1C#N)c1ccc(F)cc1F. The molecule has 1 atom stereocenters. The van der Waals surface area contributed by atoms with Crippen molar-refractivity contribution < 1.29 is 13.2 Å². The fourth-order valence-electron chi connectivity index (χ4n) is 1.92. The Morgan fingerprint density at radius 2 is 1.85 bits per heavy atom. The molecular formula is C15H11F3N2. The van der Waals surface area contributed by atoms with Crippen LogP contribution in [-0.4, -0.2) is 0 Å². The van der Waals surface area contributed by atoms with Crippen LogP contribution in [0.4, 0.5) is 18.9 Å². The summed E-state index contributed by atoms with van der Waals surface area (Å²) in [7, 11) is 0. The number of nitrogens with zero attached hydrogens (tertiary/aromatic N) is 1. The second-order valence-electron chi connectivity index (χ2n) is 4.31. The van der Waals surface area contributed by atoms with Gasteiger partial charge in [0.15, 0.2) is 0 Å². The van der Waals surface area contributed by atoms with Crippen molar-refractivity contribution in [3.05, 3.63) is 65.0 Å². The van der Waals surface area contributed by atoms with E-state index in [-0.39, 0.29) is 16.8 Å². The Hall–Kier alpha value is -2.48. The molecule has 0 fully saturated rings. The lowest BCUT2D eigenvalue weighted by Gasteiger charge is -2.17. The highest BCUT2D eigenvalue weighted by Gasteiger charge is 2.14. The fourth-order valence-corrected chi connectivity index (χ4v) is 1.92. The lowest BCUT2D eigenvalue weighted by molar-refractivity contribution is 0.566. The van der Waals surface area contributed by atoms with Crippen molar-refractivity contribution in [1.82, 2.24) is 0 Å². The molecule has 102 valence electrons. The van der Waals surface area contributed by atoms with Gasteiger partial charge in [0.05, 0.1) is 11.7 Å². The van der Waals surface area contributed by atoms with Gasteiger partial charge in [-0.1, -0.05) is 12.1 Å². The number of rotatable bonds is 3.